The number of Topliss-reactive ketones (excluding diaryl/α,β-unsaturated/α-hetero) is 3. The molecule has 0 radical (unpaired) electrons. The molecule has 0 aliphatic rings. The second kappa shape index (κ2) is 6.73. The van der Waals surface area contributed by atoms with Crippen molar-refractivity contribution >= 4 is 23.3 Å². The molecule has 0 aromatic carbocycles. The quantitative estimate of drug-likeness (QED) is 0.175. The van der Waals surface area contributed by atoms with Crippen LogP contribution in [0.25, 0.3) is 10.4 Å². The molecule has 4 N–H and O–H groups in total. The third-order valence-corrected chi connectivity index (χ3v) is 2.88. The van der Waals surface area contributed by atoms with Gasteiger partial charge in [0.15, 0.2) is 23.0 Å². The molecule has 1 amide bonds. The SMILES string of the molecule is [2H]CC(=O)C(O)[C@@H](O)[C@](O)(C(=O)C[2H])[C@](O)(C(=O)C[2H])C(=O)N=[N+]=[N-]. The summed E-state index contributed by atoms with van der Waals surface area (Å²) in [4.78, 5) is 48.9. The maximum Gasteiger partial charge on any atom is 0.261 e. The summed E-state index contributed by atoms with van der Waals surface area (Å²) in [5.41, 5.74) is 0.240. The van der Waals surface area contributed by atoms with Gasteiger partial charge in [0.25, 0.3) is 5.91 Å². The van der Waals surface area contributed by atoms with Gasteiger partial charge in [0, 0.05) is 9.02 Å². The summed E-state index contributed by atoms with van der Waals surface area (Å²) in [5, 5.41) is 42.7. The Kier molecular flexibility index (Phi) is 4.51. The molecule has 122 valence electrons. The minimum atomic E-state index is -4.04. The van der Waals surface area contributed by atoms with E-state index in [1.54, 1.807) is 0 Å². The number of amides is 1. The van der Waals surface area contributed by atoms with Gasteiger partial charge < -0.3 is 20.4 Å². The van der Waals surface area contributed by atoms with E-state index in [0.717, 1.165) is 0 Å². The normalized spacial score (nSPS) is 20.6. The Morgan fingerprint density at radius 2 is 1.68 bits per heavy atom. The van der Waals surface area contributed by atoms with E-state index in [2.05, 4.69) is 5.11 Å². The Bertz CT molecular complexity index is 626. The summed E-state index contributed by atoms with van der Waals surface area (Å²) < 4.78 is 20.7. The first-order valence-electron chi connectivity index (χ1n) is 7.50. The molecule has 0 saturated carbocycles. The summed E-state index contributed by atoms with van der Waals surface area (Å²) in [6, 6.07) is 0. The number of hydrogen-bond donors (Lipinski definition) is 4. The predicted octanol–water partition coefficient (Wildman–Crippen LogP) is -2.23. The van der Waals surface area contributed by atoms with Crippen LogP contribution in [0, 0.1) is 0 Å². The van der Waals surface area contributed by atoms with Crippen LogP contribution in [0.15, 0.2) is 5.11 Å². The van der Waals surface area contributed by atoms with Crippen molar-refractivity contribution in [1.82, 2.24) is 0 Å². The Morgan fingerprint density at radius 3 is 2.09 bits per heavy atom. The van der Waals surface area contributed by atoms with Crippen molar-refractivity contribution in [2.24, 2.45) is 5.11 Å². The zero-order valence-electron chi connectivity index (χ0n) is 14.0. The molecule has 0 aliphatic carbocycles. The van der Waals surface area contributed by atoms with Gasteiger partial charge in [-0.15, -0.1) is 0 Å². The lowest BCUT2D eigenvalue weighted by atomic mass is 9.71. The van der Waals surface area contributed by atoms with Gasteiger partial charge in [0.05, 0.1) is 0 Å². The topological polar surface area (TPSA) is 198 Å². The molecule has 0 aliphatic heterocycles. The molecule has 1 unspecified atom stereocenters. The number of ketones is 3. The molecular formula is C11H15N3O8. The van der Waals surface area contributed by atoms with Crippen LogP contribution in [0.2, 0.25) is 0 Å². The molecule has 0 aromatic rings. The number of rotatable bonds is 7. The van der Waals surface area contributed by atoms with Gasteiger partial charge in [-0.2, -0.15) is 0 Å². The second-order valence-electron chi connectivity index (χ2n) is 4.17. The summed E-state index contributed by atoms with van der Waals surface area (Å²) in [6.45, 7) is -4.02. The van der Waals surface area contributed by atoms with Crippen LogP contribution in [-0.4, -0.2) is 67.1 Å². The fourth-order valence-corrected chi connectivity index (χ4v) is 1.59. The van der Waals surface area contributed by atoms with Crippen molar-refractivity contribution in [3.05, 3.63) is 10.4 Å². The first-order valence-corrected chi connectivity index (χ1v) is 5.38. The van der Waals surface area contributed by atoms with Crippen LogP contribution in [0.4, 0.5) is 0 Å². The fraction of sp³-hybridized carbons (Fsp3) is 0.636. The van der Waals surface area contributed by atoms with E-state index in [1.165, 1.54) is 0 Å². The van der Waals surface area contributed by atoms with Crippen molar-refractivity contribution in [1.29, 1.82) is 0 Å². The van der Waals surface area contributed by atoms with Crippen LogP contribution in [0.1, 0.15) is 24.8 Å². The molecule has 0 rings (SSSR count). The van der Waals surface area contributed by atoms with Crippen molar-refractivity contribution in [2.45, 2.75) is 44.1 Å². The average molecular weight is 320 g/mol. The van der Waals surface area contributed by atoms with Crippen LogP contribution in [0.3, 0.4) is 0 Å². The standard InChI is InChI=1S/C11H15N3O8/c1-4(15)7(18)8(19)10(21,5(2)16)11(22,6(3)17)9(20)13-14-12/h7-8,18-19,21-22H,1-3H3/t7?,8-,10-,11+/m1/s1/i1D,2D,3D. The van der Waals surface area contributed by atoms with E-state index in [1.807, 2.05) is 4.91 Å². The van der Waals surface area contributed by atoms with Crippen molar-refractivity contribution in [3.63, 3.8) is 0 Å². The van der Waals surface area contributed by atoms with Gasteiger partial charge in [-0.25, -0.2) is 0 Å². The lowest BCUT2D eigenvalue weighted by Crippen LogP contribution is -2.73. The Balaban J connectivity index is 6.68. The number of aliphatic hydroxyl groups excluding tert-OH is 2. The summed E-state index contributed by atoms with van der Waals surface area (Å²) >= 11 is 0. The van der Waals surface area contributed by atoms with Crippen LogP contribution in [0.5, 0.6) is 0 Å². The maximum absolute atomic E-state index is 11.9. The monoisotopic (exact) mass is 320 g/mol. The molecule has 0 bridgehead atoms. The molecule has 0 saturated heterocycles. The van der Waals surface area contributed by atoms with Gasteiger partial charge in [-0.3, -0.25) is 19.2 Å². The van der Waals surface area contributed by atoms with E-state index >= 15 is 0 Å². The molecule has 0 aromatic heterocycles. The molecule has 11 nitrogen and oxygen atoms in total. The molecule has 0 fully saturated rings. The highest BCUT2D eigenvalue weighted by molar-refractivity contribution is 6.15. The minimum absolute atomic E-state index is 1.14. The minimum Gasteiger partial charge on any atom is -0.386 e. The van der Waals surface area contributed by atoms with E-state index in [9.17, 15) is 39.6 Å². The molecule has 22 heavy (non-hydrogen) atoms. The fourth-order valence-electron chi connectivity index (χ4n) is 1.59. The highest BCUT2D eigenvalue weighted by atomic mass is 16.4. The van der Waals surface area contributed by atoms with Gasteiger partial charge >= 0.3 is 0 Å². The van der Waals surface area contributed by atoms with E-state index in [4.69, 9.17) is 9.64 Å². The van der Waals surface area contributed by atoms with Gasteiger partial charge in [0.1, 0.15) is 12.2 Å². The highest BCUT2D eigenvalue weighted by Gasteiger charge is 2.66. The van der Waals surface area contributed by atoms with Gasteiger partial charge in [-0.05, 0) is 31.3 Å². The number of carbonyl (C=O) groups is 4. The lowest BCUT2D eigenvalue weighted by Gasteiger charge is -2.41. The smallest absolute Gasteiger partial charge is 0.261 e. The molecule has 4 atom stereocenters. The summed E-state index contributed by atoms with van der Waals surface area (Å²) in [6.07, 6.45) is -5.75. The number of carbonyl (C=O) groups excluding carboxylic acids is 4. The number of hydrogen-bond acceptors (Lipinski definition) is 8. The third-order valence-electron chi connectivity index (χ3n) is 2.88. The zero-order valence-corrected chi connectivity index (χ0v) is 11.0. The summed E-state index contributed by atoms with van der Waals surface area (Å²) in [5.74, 6) is -7.44. The Labute approximate surface area is 128 Å². The van der Waals surface area contributed by atoms with Crippen LogP contribution < -0.4 is 0 Å². The average Bonchev–Trinajstić information content (AvgIpc) is 2.62. The molecular weight excluding hydrogens is 302 g/mol. The van der Waals surface area contributed by atoms with Crippen molar-refractivity contribution in [2.75, 3.05) is 0 Å². The highest BCUT2D eigenvalue weighted by Crippen LogP contribution is 2.32. The molecule has 0 heterocycles. The number of aliphatic hydroxyl groups is 4. The second-order valence-corrected chi connectivity index (χ2v) is 4.17. The lowest BCUT2D eigenvalue weighted by molar-refractivity contribution is -0.214. The van der Waals surface area contributed by atoms with E-state index < -0.39 is 67.4 Å². The van der Waals surface area contributed by atoms with Crippen LogP contribution in [-0.2, 0) is 19.2 Å². The Hall–Kier alpha value is -2.17. The Morgan fingerprint density at radius 1 is 1.14 bits per heavy atom. The van der Waals surface area contributed by atoms with E-state index in [0.29, 0.717) is 0 Å². The van der Waals surface area contributed by atoms with Crippen molar-refractivity contribution in [3.8, 4) is 0 Å². The third kappa shape index (κ3) is 2.89. The first-order chi connectivity index (χ1) is 11.5. The molecule has 0 spiro atoms. The van der Waals surface area contributed by atoms with Crippen LogP contribution >= 0.6 is 0 Å². The predicted molar refractivity (Wildman–Crippen MR) is 68.1 cm³/mol. The number of azide groups is 1. The summed E-state index contributed by atoms with van der Waals surface area (Å²) in [7, 11) is 0. The van der Waals surface area contributed by atoms with Crippen molar-refractivity contribution < 1.29 is 43.7 Å². The van der Waals surface area contributed by atoms with Gasteiger partial charge in [0.2, 0.25) is 5.60 Å². The molecule has 11 heteroatoms. The largest absolute Gasteiger partial charge is 0.386 e. The number of nitrogens with zero attached hydrogens (tertiary/aromatic N) is 3. The van der Waals surface area contributed by atoms with E-state index in [-0.39, 0.29) is 0 Å². The zero-order chi connectivity index (χ0) is 20.0. The maximum atomic E-state index is 11.9. The van der Waals surface area contributed by atoms with Gasteiger partial charge in [-0.1, -0.05) is 0 Å². The first kappa shape index (κ1) is 14.8.